The molecule has 0 saturated carbocycles. The van der Waals surface area contributed by atoms with Crippen LogP contribution in [0.2, 0.25) is 0 Å². The summed E-state index contributed by atoms with van der Waals surface area (Å²) in [6.45, 7) is 32.4. The van der Waals surface area contributed by atoms with Gasteiger partial charge in [-0.1, -0.05) is 216 Å². The van der Waals surface area contributed by atoms with Crippen molar-refractivity contribution in [3.05, 3.63) is 358 Å². The normalized spacial score (nSPS) is 11.3. The predicted molar refractivity (Wildman–Crippen MR) is 506 cm³/mol. The number of rotatable bonds is 24. The summed E-state index contributed by atoms with van der Waals surface area (Å²) in [4.78, 5) is 61.9. The van der Waals surface area contributed by atoms with Crippen LogP contribution in [0.15, 0.2) is 228 Å². The van der Waals surface area contributed by atoms with E-state index in [0.717, 1.165) is 89.8 Å². The molecule has 0 spiro atoms. The van der Waals surface area contributed by atoms with Crippen LogP contribution in [0.1, 0.15) is 169 Å². The molecule has 136 heavy (non-hydrogen) atoms. The van der Waals surface area contributed by atoms with Crippen LogP contribution in [0, 0.1) is 91.1 Å². The van der Waals surface area contributed by atoms with Crippen molar-refractivity contribution in [2.24, 2.45) is 0 Å². The summed E-state index contributed by atoms with van der Waals surface area (Å²) in [6, 6.07) is 69.5. The van der Waals surface area contributed by atoms with E-state index in [9.17, 15) is 9.59 Å². The first-order valence-corrected chi connectivity index (χ1v) is 44.7. The van der Waals surface area contributed by atoms with Gasteiger partial charge in [-0.2, -0.15) is 23.5 Å². The smallest absolute Gasteiger partial charge is 0.536 e. The Morgan fingerprint density at radius 2 is 0.493 bits per heavy atom. The van der Waals surface area contributed by atoms with Crippen LogP contribution in [0.3, 0.4) is 0 Å². The average Bonchev–Trinajstić information content (AvgIpc) is 1.74. The molecule has 16 aromatic heterocycles. The van der Waals surface area contributed by atoms with Gasteiger partial charge in [0.05, 0.1) is 60.8 Å². The summed E-state index contributed by atoms with van der Waals surface area (Å²) >= 11 is 3.16. The largest absolute Gasteiger partial charge is 2.00 e. The molecule has 700 valence electrons. The number of ketones is 2. The molecule has 28 nitrogen and oxygen atoms in total. The van der Waals surface area contributed by atoms with Gasteiger partial charge in [0.25, 0.3) is 0 Å². The molecule has 18 rings (SSSR count). The maximum Gasteiger partial charge on any atom is 2.00 e. The number of hydrogen-bond donors (Lipinski definition) is 0. The number of nitrogens with zero attached hydrogens (tertiary/aromatic N) is 24. The number of thioether (sulfide) groups is 2. The number of Topliss-reactive ketones (excluding diaryl/α,β-unsaturated/α-hetero) is 2. The van der Waals surface area contributed by atoms with E-state index >= 15 is 0 Å². The van der Waals surface area contributed by atoms with Crippen molar-refractivity contribution in [3.8, 4) is 80.8 Å². The first-order chi connectivity index (χ1) is 63.3. The van der Waals surface area contributed by atoms with Gasteiger partial charge in [0.2, 0.25) is 0 Å². The Labute approximate surface area is 857 Å². The second-order valence-electron chi connectivity index (χ2n) is 33.4. The Morgan fingerprint density at radius 3 is 0.699 bits per heavy atom. The van der Waals surface area contributed by atoms with E-state index in [1.165, 1.54) is 56.6 Å². The summed E-state index contributed by atoms with van der Waals surface area (Å²) in [5, 5.41) is 37.6. The van der Waals surface area contributed by atoms with Gasteiger partial charge in [-0.3, -0.25) is 70.5 Å². The SMILES string of the molecule is CC(=O)c1c[c-]n(-c2cccc(C(C)(C)c3cccc(-n4[c-]cc(C(C)=O)n4)n3)n2)n1.COc1c[c-]n(-c2cccc(C(C)(C)c3cccc(-n4[c-]cc(OC)n4)n3)n2)n1.CSc1c[c-]n(-c2cccc(C(C)(C)c3cccc(-n4[c-]cc(SC)n4)n3)n2)n1.Cc1cc(C)c(-c2c[c-]n(-c3cccc(C(C)(C)c4cccc(-n5[c-]cc(-c6c(C)cc(C)cc6C)n5)n4)n3)n2)c(C)c1.[Pt+2].[Pt+2].[Pt+2].[Pt+2]. The third-order valence-electron chi connectivity index (χ3n) is 22.3. The molecule has 0 saturated heterocycles. The van der Waals surface area contributed by atoms with E-state index in [1.54, 1.807) is 102 Å². The van der Waals surface area contributed by atoms with Crippen molar-refractivity contribution in [2.75, 3.05) is 26.7 Å². The molecular formula is C102H96N24O4Pt4S2. The number of ether oxygens (including phenoxy) is 2. The van der Waals surface area contributed by atoms with Crippen LogP contribution < -0.4 is 9.47 Å². The van der Waals surface area contributed by atoms with Gasteiger partial charge in [0.15, 0.2) is 0 Å². The predicted octanol–water partition coefficient (Wildman–Crippen LogP) is 18.1. The molecule has 0 fully saturated rings. The quantitative estimate of drug-likeness (QED) is 0.0308. The molecule has 0 unspecified atom stereocenters. The summed E-state index contributed by atoms with van der Waals surface area (Å²) in [7, 11) is 3.14. The fourth-order valence-corrected chi connectivity index (χ4v) is 15.6. The topological polar surface area (TPSA) is 298 Å². The molecule has 0 aliphatic rings. The number of carbonyl (C=O) groups is 2. The summed E-state index contributed by atoms with van der Waals surface area (Å²) in [5.74, 6) is 6.02. The van der Waals surface area contributed by atoms with Gasteiger partial charge in [-0.05, 0) is 194 Å². The van der Waals surface area contributed by atoms with E-state index in [0.29, 0.717) is 58.1 Å². The van der Waals surface area contributed by atoms with Gasteiger partial charge in [-0.15, -0.1) is 36.4 Å². The minimum atomic E-state index is -0.543. The maximum absolute atomic E-state index is 11.5. The maximum atomic E-state index is 11.5. The molecule has 0 atom stereocenters. The van der Waals surface area contributed by atoms with Crippen molar-refractivity contribution < 1.29 is 103 Å². The van der Waals surface area contributed by atoms with Crippen molar-refractivity contribution >= 4 is 35.1 Å². The standard InChI is InChI=1S/C37H36N6.C23H20N6O2.C21H20N6O2.C21H20N6S2.4Pt/c1-23-19-25(3)35(26(4)20-23)29-15-17-42(40-29)33-13-9-11-31(38-33)37(7,8)32-12-10-14-34(39-32)43-18-16-30(41-43)36-27(5)21-24(2)22-28(36)6;1-15(30)17-11-13-28(26-17)21-9-5-7-19(24-21)23(3,4)20-8-6-10-22(25-20)29-14-12-18(27-29)16(2)31;2*1-21(2,15-7-5-9-17(22-15)26-13-11-19(24-26)28-3)16-8-6-10-18(23-16)27-14-12-20(25-27)29-4;;;;/h9-16,19-22H,1-8H3;5-12H,1-4H3;2*5-12H,1-4H3;;;;/q4*-2;4*+2. The Hall–Kier alpha value is -12.3. The molecule has 0 amide bonds. The van der Waals surface area contributed by atoms with Gasteiger partial charge < -0.3 is 56.5 Å². The minimum absolute atomic E-state index is 0. The van der Waals surface area contributed by atoms with Gasteiger partial charge in [-0.25, -0.2) is 10.2 Å². The zero-order valence-electron chi connectivity index (χ0n) is 78.2. The van der Waals surface area contributed by atoms with Crippen LogP contribution in [0.5, 0.6) is 11.8 Å². The van der Waals surface area contributed by atoms with Gasteiger partial charge >= 0.3 is 84.3 Å². The first kappa shape index (κ1) is 104. The molecular weight excluding hydrogens is 2470 g/mol. The Morgan fingerprint density at radius 1 is 0.287 bits per heavy atom. The van der Waals surface area contributed by atoms with Crippen molar-refractivity contribution in [1.29, 1.82) is 0 Å². The van der Waals surface area contributed by atoms with Crippen LogP contribution >= 0.6 is 23.5 Å². The van der Waals surface area contributed by atoms with E-state index in [2.05, 4.69) is 188 Å². The monoisotopic (exact) mass is 2560 g/mol. The zero-order chi connectivity index (χ0) is 93.5. The van der Waals surface area contributed by atoms with Crippen LogP contribution in [-0.4, -0.2) is 156 Å². The van der Waals surface area contributed by atoms with E-state index in [-0.39, 0.29) is 95.8 Å². The number of pyridine rings is 8. The first-order valence-electron chi connectivity index (χ1n) is 42.3. The molecule has 16 heterocycles. The third-order valence-corrected chi connectivity index (χ3v) is 23.6. The summed E-state index contributed by atoms with van der Waals surface area (Å²) < 4.78 is 23.1. The molecule has 0 aliphatic heterocycles. The van der Waals surface area contributed by atoms with Crippen LogP contribution in [0.4, 0.5) is 0 Å². The van der Waals surface area contributed by atoms with E-state index in [1.807, 2.05) is 184 Å². The summed E-state index contributed by atoms with van der Waals surface area (Å²) in [5.41, 5.74) is 17.0. The summed E-state index contributed by atoms with van der Waals surface area (Å²) in [6.07, 6.45) is 28.6. The minimum Gasteiger partial charge on any atom is -0.536 e. The Kier molecular flexibility index (Phi) is 34.2. The van der Waals surface area contributed by atoms with Gasteiger partial charge in [0, 0.05) is 88.7 Å². The number of methoxy groups -OCH3 is 2. The molecule has 2 aromatic carbocycles. The third kappa shape index (κ3) is 23.3. The molecule has 0 radical (unpaired) electrons. The molecule has 0 N–H and O–H groups in total. The van der Waals surface area contributed by atoms with Crippen molar-refractivity contribution in [1.82, 2.24) is 118 Å². The molecule has 0 bridgehead atoms. The zero-order valence-corrected chi connectivity index (χ0v) is 89.0. The number of carbonyl (C=O) groups excluding carboxylic acids is 2. The van der Waals surface area contributed by atoms with Crippen molar-refractivity contribution in [2.45, 2.75) is 142 Å². The average molecular weight is 2570 g/mol. The van der Waals surface area contributed by atoms with Crippen LogP contribution in [0.25, 0.3) is 69.1 Å². The fraction of sp³-hybridized carbons (Fsp3) is 0.235. The molecule has 18 aromatic rings. The Bertz CT molecular complexity index is 6580. The number of hydrogen-bond acceptors (Lipinski definition) is 22. The van der Waals surface area contributed by atoms with Crippen LogP contribution in [-0.2, 0) is 106 Å². The fourth-order valence-electron chi connectivity index (χ4n) is 15.0. The van der Waals surface area contributed by atoms with Gasteiger partial charge in [0.1, 0.15) is 23.3 Å². The number of aromatic nitrogens is 24. The number of benzene rings is 2. The second-order valence-corrected chi connectivity index (χ2v) is 35.1. The number of aryl methyl sites for hydroxylation is 6. The van der Waals surface area contributed by atoms with E-state index < -0.39 is 21.7 Å². The molecule has 34 heteroatoms. The van der Waals surface area contributed by atoms with E-state index in [4.69, 9.17) is 59.5 Å². The Balaban J connectivity index is 0.000000175. The molecule has 0 aliphatic carbocycles. The second kappa shape index (κ2) is 44.7. The van der Waals surface area contributed by atoms with Crippen molar-refractivity contribution in [3.63, 3.8) is 0 Å².